The minimum absolute atomic E-state index is 0.0656. The molecule has 0 spiro atoms. The van der Waals surface area contributed by atoms with Crippen LogP contribution in [0.25, 0.3) is 5.00 Å². The number of thiophene rings is 1. The lowest BCUT2D eigenvalue weighted by atomic mass is 10.1. The molecule has 0 atom stereocenters. The summed E-state index contributed by atoms with van der Waals surface area (Å²) in [5.41, 5.74) is 2.16. The van der Waals surface area contributed by atoms with Crippen LogP contribution in [0.15, 0.2) is 35.6 Å². The first kappa shape index (κ1) is 17.3. The summed E-state index contributed by atoms with van der Waals surface area (Å²) in [7, 11) is 1.46. The fourth-order valence-corrected chi connectivity index (χ4v) is 4.16. The van der Waals surface area contributed by atoms with Gasteiger partial charge in [0.05, 0.1) is 31.6 Å². The number of rotatable bonds is 5. The number of Topliss-reactive ketones (excluding diaryl/α,β-unsaturated/α-hetero) is 1. The standard InChI is InChI=1S/C18H16FN5O2S/c1-11-14-8-20-10-23(18(14)27-17(11)24-21-5-6-22-24)9-15(25)13-7-12(19)3-4-16(13)26-2/h3-8H,9-10H2,1-2H3. The van der Waals surface area contributed by atoms with E-state index in [4.69, 9.17) is 4.74 Å². The van der Waals surface area contributed by atoms with Gasteiger partial charge in [-0.25, -0.2) is 4.39 Å². The van der Waals surface area contributed by atoms with Crippen molar-refractivity contribution in [2.75, 3.05) is 25.2 Å². The average molecular weight is 385 g/mol. The van der Waals surface area contributed by atoms with Crippen molar-refractivity contribution in [3.8, 4) is 10.8 Å². The van der Waals surface area contributed by atoms with Gasteiger partial charge < -0.3 is 9.64 Å². The summed E-state index contributed by atoms with van der Waals surface area (Å²) in [6.07, 6.45) is 5.03. The summed E-state index contributed by atoms with van der Waals surface area (Å²) in [6, 6.07) is 3.93. The molecule has 0 saturated carbocycles. The van der Waals surface area contributed by atoms with Crippen molar-refractivity contribution in [2.45, 2.75) is 6.92 Å². The number of ether oxygens (including phenoxy) is 1. The van der Waals surface area contributed by atoms with E-state index >= 15 is 0 Å². The molecule has 0 amide bonds. The Labute approximate surface area is 158 Å². The summed E-state index contributed by atoms with van der Waals surface area (Å²) < 4.78 is 18.8. The van der Waals surface area contributed by atoms with Crippen LogP contribution in [0.2, 0.25) is 0 Å². The Bertz CT molecular complexity index is 1030. The molecular formula is C18H16FN5O2S. The first-order valence-electron chi connectivity index (χ1n) is 8.20. The number of benzene rings is 1. The number of carbonyl (C=O) groups excluding carboxylic acids is 1. The van der Waals surface area contributed by atoms with E-state index in [1.165, 1.54) is 36.6 Å². The molecule has 9 heteroatoms. The molecule has 2 aromatic heterocycles. The van der Waals surface area contributed by atoms with Crippen LogP contribution >= 0.6 is 11.3 Å². The van der Waals surface area contributed by atoms with Crippen LogP contribution in [0, 0.1) is 12.7 Å². The van der Waals surface area contributed by atoms with Gasteiger partial charge in [0.15, 0.2) is 5.78 Å². The van der Waals surface area contributed by atoms with E-state index in [0.29, 0.717) is 12.4 Å². The summed E-state index contributed by atoms with van der Waals surface area (Å²) in [6.45, 7) is 2.39. The second kappa shape index (κ2) is 6.92. The fourth-order valence-electron chi connectivity index (χ4n) is 2.97. The van der Waals surface area contributed by atoms with Gasteiger partial charge in [-0.1, -0.05) is 11.3 Å². The third-order valence-corrected chi connectivity index (χ3v) is 5.64. The zero-order valence-corrected chi connectivity index (χ0v) is 15.5. The largest absolute Gasteiger partial charge is 0.496 e. The van der Waals surface area contributed by atoms with Gasteiger partial charge in [-0.05, 0) is 30.7 Å². The van der Waals surface area contributed by atoms with Crippen LogP contribution in [0.3, 0.4) is 0 Å². The Morgan fingerprint density at radius 2 is 2.07 bits per heavy atom. The van der Waals surface area contributed by atoms with Gasteiger partial charge in [0.1, 0.15) is 28.2 Å². The highest BCUT2D eigenvalue weighted by Crippen LogP contribution is 2.38. The van der Waals surface area contributed by atoms with Crippen LogP contribution in [0.5, 0.6) is 5.75 Å². The van der Waals surface area contributed by atoms with Crippen molar-refractivity contribution in [1.29, 1.82) is 0 Å². The Balaban J connectivity index is 1.66. The zero-order chi connectivity index (χ0) is 19.0. The molecule has 27 heavy (non-hydrogen) atoms. The normalized spacial score (nSPS) is 12.9. The number of aromatic nitrogens is 3. The topological polar surface area (TPSA) is 72.6 Å². The third-order valence-electron chi connectivity index (χ3n) is 4.31. The quantitative estimate of drug-likeness (QED) is 0.632. The SMILES string of the molecule is COc1ccc(F)cc1C(=O)CN1CN=Cc2c1sc(-n1nccn1)c2C. The van der Waals surface area contributed by atoms with Gasteiger partial charge >= 0.3 is 0 Å². The predicted molar refractivity (Wildman–Crippen MR) is 101 cm³/mol. The molecule has 1 aromatic carbocycles. The Hall–Kier alpha value is -3.07. The molecular weight excluding hydrogens is 369 g/mol. The van der Waals surface area contributed by atoms with Crippen molar-refractivity contribution in [1.82, 2.24) is 15.0 Å². The van der Waals surface area contributed by atoms with Crippen LogP contribution in [-0.2, 0) is 0 Å². The molecule has 4 rings (SSSR count). The number of nitrogens with zero attached hydrogens (tertiary/aromatic N) is 5. The second-order valence-corrected chi connectivity index (χ2v) is 6.97. The molecule has 0 bridgehead atoms. The number of aliphatic imine (C=N–C) groups is 1. The monoisotopic (exact) mass is 385 g/mol. The molecule has 0 saturated heterocycles. The molecule has 1 aliphatic rings. The summed E-state index contributed by atoms with van der Waals surface area (Å²) in [5, 5.41) is 10.2. The maximum absolute atomic E-state index is 13.6. The number of anilines is 1. The summed E-state index contributed by atoms with van der Waals surface area (Å²) in [5.74, 6) is -0.361. The molecule has 3 heterocycles. The highest BCUT2D eigenvalue weighted by atomic mass is 32.1. The Kier molecular flexibility index (Phi) is 4.44. The molecule has 0 radical (unpaired) electrons. The smallest absolute Gasteiger partial charge is 0.186 e. The minimum Gasteiger partial charge on any atom is -0.496 e. The first-order chi connectivity index (χ1) is 13.1. The number of methoxy groups -OCH3 is 1. The lowest BCUT2D eigenvalue weighted by Gasteiger charge is -2.24. The van der Waals surface area contributed by atoms with Crippen LogP contribution in [-0.4, -0.2) is 47.3 Å². The maximum atomic E-state index is 13.6. The molecule has 7 nitrogen and oxygen atoms in total. The molecule has 0 unspecified atom stereocenters. The summed E-state index contributed by atoms with van der Waals surface area (Å²) >= 11 is 1.49. The number of ketones is 1. The number of hydrogen-bond donors (Lipinski definition) is 0. The lowest BCUT2D eigenvalue weighted by Crippen LogP contribution is -2.32. The molecule has 1 aliphatic heterocycles. The maximum Gasteiger partial charge on any atom is 0.186 e. The Morgan fingerprint density at radius 3 is 2.81 bits per heavy atom. The van der Waals surface area contributed by atoms with Gasteiger partial charge in [0.25, 0.3) is 0 Å². The van der Waals surface area contributed by atoms with Gasteiger partial charge in [0.2, 0.25) is 0 Å². The zero-order valence-electron chi connectivity index (χ0n) is 14.7. The number of hydrogen-bond acceptors (Lipinski definition) is 7. The van der Waals surface area contributed by atoms with Gasteiger partial charge in [-0.2, -0.15) is 10.2 Å². The van der Waals surface area contributed by atoms with Gasteiger partial charge in [-0.15, -0.1) is 4.80 Å². The number of halogens is 1. The number of carbonyl (C=O) groups is 1. The molecule has 0 fully saturated rings. The molecule has 0 N–H and O–H groups in total. The van der Waals surface area contributed by atoms with E-state index in [1.807, 2.05) is 11.8 Å². The van der Waals surface area contributed by atoms with E-state index < -0.39 is 5.82 Å². The van der Waals surface area contributed by atoms with E-state index in [9.17, 15) is 9.18 Å². The van der Waals surface area contributed by atoms with Crippen molar-refractivity contribution in [2.24, 2.45) is 4.99 Å². The second-order valence-electron chi connectivity index (χ2n) is 5.99. The Morgan fingerprint density at radius 1 is 1.30 bits per heavy atom. The third kappa shape index (κ3) is 3.10. The number of fused-ring (bicyclic) bond motifs is 1. The minimum atomic E-state index is -0.476. The van der Waals surface area contributed by atoms with Crippen molar-refractivity contribution in [3.63, 3.8) is 0 Å². The van der Waals surface area contributed by atoms with E-state index in [-0.39, 0.29) is 17.9 Å². The lowest BCUT2D eigenvalue weighted by molar-refractivity contribution is 0.0996. The first-order valence-corrected chi connectivity index (χ1v) is 9.01. The summed E-state index contributed by atoms with van der Waals surface area (Å²) in [4.78, 5) is 20.6. The van der Waals surface area contributed by atoms with Crippen molar-refractivity contribution in [3.05, 3.63) is 53.1 Å². The van der Waals surface area contributed by atoms with Gasteiger partial charge in [-0.3, -0.25) is 9.79 Å². The van der Waals surface area contributed by atoms with E-state index in [2.05, 4.69) is 15.2 Å². The molecule has 3 aromatic rings. The molecule has 0 aliphatic carbocycles. The van der Waals surface area contributed by atoms with Crippen LogP contribution < -0.4 is 9.64 Å². The predicted octanol–water partition coefficient (Wildman–Crippen LogP) is 2.86. The van der Waals surface area contributed by atoms with E-state index in [0.717, 1.165) is 21.1 Å². The highest BCUT2D eigenvalue weighted by Gasteiger charge is 2.25. The average Bonchev–Trinajstić information content (AvgIpc) is 3.30. The van der Waals surface area contributed by atoms with Crippen molar-refractivity contribution < 1.29 is 13.9 Å². The molecule has 138 valence electrons. The highest BCUT2D eigenvalue weighted by molar-refractivity contribution is 7.19. The van der Waals surface area contributed by atoms with Gasteiger partial charge in [0, 0.05) is 11.8 Å². The van der Waals surface area contributed by atoms with Crippen LogP contribution in [0.1, 0.15) is 21.5 Å². The van der Waals surface area contributed by atoms with Crippen molar-refractivity contribution >= 4 is 28.3 Å². The van der Waals surface area contributed by atoms with Crippen LogP contribution in [0.4, 0.5) is 9.39 Å². The fraction of sp³-hybridized carbons (Fsp3) is 0.222. The van der Waals surface area contributed by atoms with E-state index in [1.54, 1.807) is 23.4 Å².